The van der Waals surface area contributed by atoms with E-state index in [-0.39, 0.29) is 29.6 Å². The number of halogens is 4. The molecule has 0 radical (unpaired) electrons. The van der Waals surface area contributed by atoms with Crippen molar-refractivity contribution in [3.8, 4) is 0 Å². The van der Waals surface area contributed by atoms with Crippen LogP contribution in [0.5, 0.6) is 0 Å². The van der Waals surface area contributed by atoms with Crippen molar-refractivity contribution in [2.45, 2.75) is 49.4 Å². The monoisotopic (exact) mass is 407 g/mol. The first-order valence-electron chi connectivity index (χ1n) is 8.57. The van der Waals surface area contributed by atoms with Crippen LogP contribution in [-0.4, -0.2) is 30.2 Å². The van der Waals surface area contributed by atoms with Crippen LogP contribution in [-0.2, 0) is 0 Å². The average molecular weight is 408 g/mol. The van der Waals surface area contributed by atoms with Crippen LogP contribution in [0.1, 0.15) is 54.5 Å². The predicted molar refractivity (Wildman–Crippen MR) is 98.8 cm³/mol. The molecule has 1 aliphatic heterocycles. The highest BCUT2D eigenvalue weighted by Gasteiger charge is 2.42. The van der Waals surface area contributed by atoms with E-state index in [0.29, 0.717) is 40.8 Å². The number of thioether (sulfide) groups is 1. The third-order valence-electron chi connectivity index (χ3n) is 5.04. The van der Waals surface area contributed by atoms with Crippen molar-refractivity contribution in [3.05, 3.63) is 32.1 Å². The van der Waals surface area contributed by atoms with Gasteiger partial charge in [-0.1, -0.05) is 17.7 Å². The number of aromatic nitrogens is 2. The van der Waals surface area contributed by atoms with Gasteiger partial charge in [-0.05, 0) is 32.1 Å². The maximum atomic E-state index is 13.0. The van der Waals surface area contributed by atoms with Gasteiger partial charge in [-0.25, -0.2) is 4.98 Å². The van der Waals surface area contributed by atoms with Gasteiger partial charge in [-0.2, -0.15) is 13.2 Å². The third kappa shape index (κ3) is 4.06. The van der Waals surface area contributed by atoms with E-state index in [1.54, 1.807) is 19.0 Å². The summed E-state index contributed by atoms with van der Waals surface area (Å²) >= 11 is 7.46. The highest BCUT2D eigenvalue weighted by Crippen LogP contribution is 2.48. The highest BCUT2D eigenvalue weighted by atomic mass is 35.5. The molecule has 1 atom stereocenters. The van der Waals surface area contributed by atoms with Gasteiger partial charge in [0.1, 0.15) is 0 Å². The highest BCUT2D eigenvalue weighted by molar-refractivity contribution is 8.05. The smallest absolute Gasteiger partial charge is 0.348 e. The number of H-pyrrole nitrogens is 1. The minimum Gasteiger partial charge on any atom is -0.348 e. The van der Waals surface area contributed by atoms with E-state index in [1.165, 1.54) is 11.8 Å². The summed E-state index contributed by atoms with van der Waals surface area (Å²) < 4.78 is 39.5. The Morgan fingerprint density at radius 2 is 1.92 bits per heavy atom. The number of hydrogen-bond acceptors (Lipinski definition) is 4. The molecule has 0 amide bonds. The van der Waals surface area contributed by atoms with E-state index < -0.39 is 12.1 Å². The van der Waals surface area contributed by atoms with Gasteiger partial charge >= 0.3 is 6.18 Å². The van der Waals surface area contributed by atoms with Crippen LogP contribution < -0.4 is 10.5 Å². The molecule has 1 aliphatic carbocycles. The lowest BCUT2D eigenvalue weighted by atomic mass is 9.79. The largest absolute Gasteiger partial charge is 0.391 e. The van der Waals surface area contributed by atoms with Gasteiger partial charge in [0.05, 0.1) is 21.5 Å². The Morgan fingerprint density at radius 3 is 2.42 bits per heavy atom. The average Bonchev–Trinajstić information content (AvgIpc) is 2.99. The Balaban J connectivity index is 1.93. The SMILES string of the molecule is CN(C)c1nc([C@H]2CC[C@@H](C(F)(F)F)CC2)c(C2CC=C(Cl)S2)c(=O)[nH]1. The number of allylic oxidation sites excluding steroid dienone is 1. The summed E-state index contributed by atoms with van der Waals surface area (Å²) in [6.45, 7) is 0. The minimum atomic E-state index is -4.15. The fourth-order valence-electron chi connectivity index (χ4n) is 3.62. The van der Waals surface area contributed by atoms with Gasteiger partial charge < -0.3 is 4.90 Å². The van der Waals surface area contributed by atoms with Crippen LogP contribution in [0.15, 0.2) is 15.2 Å². The molecule has 0 saturated heterocycles. The molecule has 0 aromatic carbocycles. The number of rotatable bonds is 3. The number of nitrogens with one attached hydrogen (secondary N) is 1. The summed E-state index contributed by atoms with van der Waals surface area (Å²) in [6, 6.07) is 0. The van der Waals surface area contributed by atoms with E-state index in [4.69, 9.17) is 11.6 Å². The Bertz CT molecular complexity index is 755. The third-order valence-corrected chi connectivity index (χ3v) is 6.57. The van der Waals surface area contributed by atoms with Crippen LogP contribution in [0.3, 0.4) is 0 Å². The standard InChI is InChI=1S/C17H21ClF3N3OS/c1-24(2)16-22-14(9-3-5-10(6-4-9)17(19,20)21)13(15(25)23-16)11-7-8-12(18)26-11/h8-11H,3-7H2,1-2H3,(H,22,23,25)/t9-,10+,11?. The van der Waals surface area contributed by atoms with E-state index >= 15 is 0 Å². The van der Waals surface area contributed by atoms with E-state index in [9.17, 15) is 18.0 Å². The maximum absolute atomic E-state index is 13.0. The van der Waals surface area contributed by atoms with E-state index in [2.05, 4.69) is 9.97 Å². The quantitative estimate of drug-likeness (QED) is 0.771. The number of alkyl halides is 3. The summed E-state index contributed by atoms with van der Waals surface area (Å²) in [7, 11) is 3.54. The first-order valence-corrected chi connectivity index (χ1v) is 9.83. The van der Waals surface area contributed by atoms with Crippen molar-refractivity contribution < 1.29 is 13.2 Å². The summed E-state index contributed by atoms with van der Waals surface area (Å²) in [5.41, 5.74) is 0.965. The Labute approximate surface area is 159 Å². The molecule has 0 bridgehead atoms. The lowest BCUT2D eigenvalue weighted by Gasteiger charge is -2.31. The van der Waals surface area contributed by atoms with Crippen molar-refractivity contribution in [2.75, 3.05) is 19.0 Å². The molecule has 1 aromatic heterocycles. The van der Waals surface area contributed by atoms with Crippen molar-refractivity contribution in [2.24, 2.45) is 5.92 Å². The lowest BCUT2D eigenvalue weighted by Crippen LogP contribution is -2.30. The first kappa shape index (κ1) is 19.6. The number of aromatic amines is 1. The molecule has 2 aliphatic rings. The normalized spacial score (nSPS) is 26.7. The van der Waals surface area contributed by atoms with Crippen molar-refractivity contribution in [3.63, 3.8) is 0 Å². The second-order valence-corrected chi connectivity index (χ2v) is 8.90. The molecule has 144 valence electrons. The lowest BCUT2D eigenvalue weighted by molar-refractivity contribution is -0.182. The van der Waals surface area contributed by atoms with Gasteiger partial charge in [0.2, 0.25) is 5.95 Å². The molecule has 1 fully saturated rings. The molecule has 1 N–H and O–H groups in total. The molecule has 26 heavy (non-hydrogen) atoms. The van der Waals surface area contributed by atoms with Gasteiger partial charge in [0.15, 0.2) is 0 Å². The topological polar surface area (TPSA) is 49.0 Å². The van der Waals surface area contributed by atoms with Gasteiger partial charge in [-0.15, -0.1) is 11.8 Å². The summed E-state index contributed by atoms with van der Waals surface area (Å²) in [4.78, 5) is 21.8. The second kappa shape index (κ2) is 7.46. The van der Waals surface area contributed by atoms with Crippen molar-refractivity contribution >= 4 is 29.3 Å². The number of hydrogen-bond donors (Lipinski definition) is 1. The molecule has 0 spiro atoms. The Kier molecular flexibility index (Phi) is 5.63. The zero-order valence-corrected chi connectivity index (χ0v) is 16.1. The van der Waals surface area contributed by atoms with Gasteiger partial charge in [-0.3, -0.25) is 9.78 Å². The van der Waals surface area contributed by atoms with Crippen LogP contribution in [0.4, 0.5) is 19.1 Å². The molecule has 9 heteroatoms. The fraction of sp³-hybridized carbons (Fsp3) is 0.647. The molecule has 1 saturated carbocycles. The molecular formula is C17H21ClF3N3OS. The second-order valence-electron chi connectivity index (χ2n) is 7.02. The summed E-state index contributed by atoms with van der Waals surface area (Å²) in [6.07, 6.45) is -0.728. The molecule has 2 heterocycles. The van der Waals surface area contributed by atoms with Gasteiger partial charge in [0.25, 0.3) is 5.56 Å². The zero-order valence-electron chi connectivity index (χ0n) is 14.6. The van der Waals surface area contributed by atoms with Crippen LogP contribution in [0.2, 0.25) is 0 Å². The molecule has 3 rings (SSSR count). The molecule has 1 unspecified atom stereocenters. The summed E-state index contributed by atoms with van der Waals surface area (Å²) in [5, 5.41) is -0.134. The summed E-state index contributed by atoms with van der Waals surface area (Å²) in [5.74, 6) is -0.965. The first-order chi connectivity index (χ1) is 12.2. The number of anilines is 1. The zero-order chi connectivity index (χ0) is 19.1. The molecular weight excluding hydrogens is 387 g/mol. The van der Waals surface area contributed by atoms with Gasteiger partial charge in [0, 0.05) is 25.3 Å². The maximum Gasteiger partial charge on any atom is 0.391 e. The fourth-order valence-corrected chi connectivity index (χ4v) is 5.04. The Morgan fingerprint density at radius 1 is 1.27 bits per heavy atom. The van der Waals surface area contributed by atoms with Crippen LogP contribution in [0.25, 0.3) is 0 Å². The van der Waals surface area contributed by atoms with Crippen molar-refractivity contribution in [1.82, 2.24) is 9.97 Å². The Hall–Kier alpha value is -1.15. The molecule has 4 nitrogen and oxygen atoms in total. The van der Waals surface area contributed by atoms with Crippen LogP contribution in [0, 0.1) is 5.92 Å². The van der Waals surface area contributed by atoms with E-state index in [1.807, 2.05) is 6.08 Å². The minimum absolute atomic E-state index is 0.0796. The molecule has 1 aromatic rings. The predicted octanol–water partition coefficient (Wildman–Crippen LogP) is 4.93. The van der Waals surface area contributed by atoms with Crippen LogP contribution >= 0.6 is 23.4 Å². The number of nitrogens with zero attached hydrogens (tertiary/aromatic N) is 2. The van der Waals surface area contributed by atoms with Crippen molar-refractivity contribution in [1.29, 1.82) is 0 Å². The van der Waals surface area contributed by atoms with E-state index in [0.717, 1.165) is 0 Å².